The normalized spacial score (nSPS) is 26.4. The Labute approximate surface area is 127 Å². The van der Waals surface area contributed by atoms with E-state index in [0.717, 1.165) is 25.9 Å². The van der Waals surface area contributed by atoms with E-state index in [1.54, 1.807) is 25.3 Å². The highest BCUT2D eigenvalue weighted by molar-refractivity contribution is 7.89. The summed E-state index contributed by atoms with van der Waals surface area (Å²) >= 11 is 0. The summed E-state index contributed by atoms with van der Waals surface area (Å²) in [6, 6.07) is 0. The zero-order valence-corrected chi connectivity index (χ0v) is 14.0. The van der Waals surface area contributed by atoms with Gasteiger partial charge in [0.05, 0.1) is 12.4 Å². The molecular formula is C14H26N2O4S. The smallest absolute Gasteiger partial charge is 0.219 e. The summed E-state index contributed by atoms with van der Waals surface area (Å²) in [5, 5.41) is 0. The van der Waals surface area contributed by atoms with E-state index in [1.807, 2.05) is 4.90 Å². The molecule has 2 fully saturated rings. The van der Waals surface area contributed by atoms with Crippen molar-refractivity contribution in [2.45, 2.75) is 26.7 Å². The van der Waals surface area contributed by atoms with Gasteiger partial charge in [-0.1, -0.05) is 0 Å². The van der Waals surface area contributed by atoms with Crippen LogP contribution in [0.15, 0.2) is 0 Å². The Morgan fingerprint density at radius 1 is 1.33 bits per heavy atom. The molecule has 0 aromatic heterocycles. The first-order valence-corrected chi connectivity index (χ1v) is 9.18. The fraction of sp³-hybridized carbons (Fsp3) is 0.929. The summed E-state index contributed by atoms with van der Waals surface area (Å²) < 4.78 is 30.9. The summed E-state index contributed by atoms with van der Waals surface area (Å²) in [6.07, 6.45) is 1.62. The predicted octanol–water partition coefficient (Wildman–Crippen LogP) is 0.543. The Morgan fingerprint density at radius 2 is 1.95 bits per heavy atom. The Morgan fingerprint density at radius 3 is 2.43 bits per heavy atom. The second-order valence-corrected chi connectivity index (χ2v) is 8.47. The predicted molar refractivity (Wildman–Crippen MR) is 80.3 cm³/mol. The van der Waals surface area contributed by atoms with Crippen LogP contribution in [0, 0.1) is 11.3 Å². The lowest BCUT2D eigenvalue weighted by atomic mass is 9.71. The fourth-order valence-electron chi connectivity index (χ4n) is 3.66. The molecule has 0 aromatic rings. The third kappa shape index (κ3) is 3.24. The van der Waals surface area contributed by atoms with Gasteiger partial charge in [-0.05, 0) is 25.2 Å². The highest BCUT2D eigenvalue weighted by Crippen LogP contribution is 2.45. The van der Waals surface area contributed by atoms with Crippen molar-refractivity contribution in [3.8, 4) is 0 Å². The average Bonchev–Trinajstić information content (AvgIpc) is 2.79. The van der Waals surface area contributed by atoms with Gasteiger partial charge in [0.25, 0.3) is 0 Å². The Hall–Kier alpha value is -0.660. The molecule has 0 radical (unpaired) electrons. The van der Waals surface area contributed by atoms with Crippen LogP contribution in [0.1, 0.15) is 26.7 Å². The highest BCUT2D eigenvalue weighted by atomic mass is 32.2. The number of carbonyl (C=O) groups is 1. The molecule has 2 aliphatic rings. The number of rotatable bonds is 4. The molecule has 1 unspecified atom stereocenters. The van der Waals surface area contributed by atoms with Gasteiger partial charge in [0, 0.05) is 46.1 Å². The first-order chi connectivity index (χ1) is 9.84. The van der Waals surface area contributed by atoms with Crippen LogP contribution in [0.4, 0.5) is 0 Å². The molecule has 1 spiro atoms. The minimum absolute atomic E-state index is 0.0153. The molecule has 2 rings (SSSR count). The van der Waals surface area contributed by atoms with Crippen LogP contribution in [0.2, 0.25) is 0 Å². The van der Waals surface area contributed by atoms with Crippen molar-refractivity contribution in [2.24, 2.45) is 11.3 Å². The van der Waals surface area contributed by atoms with Crippen molar-refractivity contribution >= 4 is 15.9 Å². The van der Waals surface area contributed by atoms with E-state index in [0.29, 0.717) is 25.6 Å². The number of sulfonamides is 1. The van der Waals surface area contributed by atoms with Gasteiger partial charge in [-0.3, -0.25) is 4.79 Å². The van der Waals surface area contributed by atoms with E-state index >= 15 is 0 Å². The minimum Gasteiger partial charge on any atom is -0.384 e. The summed E-state index contributed by atoms with van der Waals surface area (Å²) in [7, 11) is -1.42. The van der Waals surface area contributed by atoms with Crippen molar-refractivity contribution in [2.75, 3.05) is 45.6 Å². The van der Waals surface area contributed by atoms with Crippen molar-refractivity contribution in [3.05, 3.63) is 0 Å². The fourth-order valence-corrected chi connectivity index (χ4v) is 4.77. The molecule has 7 heteroatoms. The second kappa shape index (κ2) is 6.22. The Kier molecular flexibility index (Phi) is 4.95. The molecule has 1 atom stereocenters. The van der Waals surface area contributed by atoms with Crippen LogP contribution in [0.3, 0.4) is 0 Å². The van der Waals surface area contributed by atoms with E-state index in [-0.39, 0.29) is 17.1 Å². The molecule has 122 valence electrons. The quantitative estimate of drug-likeness (QED) is 0.759. The third-order valence-electron chi connectivity index (χ3n) is 5.10. The molecule has 2 heterocycles. The van der Waals surface area contributed by atoms with E-state index in [4.69, 9.17) is 4.74 Å². The molecule has 0 N–H and O–H groups in total. The topological polar surface area (TPSA) is 66.9 Å². The Balaban J connectivity index is 2.10. The summed E-state index contributed by atoms with van der Waals surface area (Å²) in [5.74, 6) is 0.551. The molecular weight excluding hydrogens is 292 g/mol. The van der Waals surface area contributed by atoms with Gasteiger partial charge in [0.15, 0.2) is 0 Å². The third-order valence-corrected chi connectivity index (χ3v) is 6.98. The zero-order valence-electron chi connectivity index (χ0n) is 13.2. The summed E-state index contributed by atoms with van der Waals surface area (Å²) in [4.78, 5) is 13.6. The average molecular weight is 318 g/mol. The van der Waals surface area contributed by atoms with Gasteiger partial charge in [-0.25, -0.2) is 12.7 Å². The van der Waals surface area contributed by atoms with Crippen LogP contribution in [0.25, 0.3) is 0 Å². The number of likely N-dealkylation sites (tertiary alicyclic amines) is 1. The van der Waals surface area contributed by atoms with Crippen LogP contribution >= 0.6 is 0 Å². The second-order valence-electron chi connectivity index (χ2n) is 6.21. The first kappa shape index (κ1) is 16.7. The molecule has 2 aliphatic heterocycles. The van der Waals surface area contributed by atoms with E-state index in [1.165, 1.54) is 0 Å². The standard InChI is InChI=1S/C14H26N2O4S/c1-4-21(18,19)16-7-5-14(6-8-16)11-15(12(2)17)9-13(14)10-20-3/h13H,4-11H2,1-3H3. The number of carbonyl (C=O) groups excluding carboxylic acids is 1. The molecule has 0 saturated carbocycles. The summed E-state index contributed by atoms with van der Waals surface area (Å²) in [6.45, 7) is 6.48. The number of nitrogens with zero attached hydrogens (tertiary/aromatic N) is 2. The van der Waals surface area contributed by atoms with Gasteiger partial charge in [-0.2, -0.15) is 0 Å². The largest absolute Gasteiger partial charge is 0.384 e. The lowest BCUT2D eigenvalue weighted by Crippen LogP contribution is -2.47. The number of amides is 1. The van der Waals surface area contributed by atoms with Crippen LogP contribution in [-0.4, -0.2) is 69.2 Å². The van der Waals surface area contributed by atoms with Crippen LogP contribution in [0.5, 0.6) is 0 Å². The monoisotopic (exact) mass is 318 g/mol. The van der Waals surface area contributed by atoms with Gasteiger partial charge < -0.3 is 9.64 Å². The van der Waals surface area contributed by atoms with Gasteiger partial charge >= 0.3 is 0 Å². The van der Waals surface area contributed by atoms with E-state index < -0.39 is 10.0 Å². The summed E-state index contributed by atoms with van der Waals surface area (Å²) in [5.41, 5.74) is 0.0153. The maximum atomic E-state index is 12.0. The molecule has 1 amide bonds. The van der Waals surface area contributed by atoms with E-state index in [9.17, 15) is 13.2 Å². The number of piperidine rings is 1. The first-order valence-electron chi connectivity index (χ1n) is 7.57. The number of hydrogen-bond acceptors (Lipinski definition) is 4. The SMILES string of the molecule is CCS(=O)(=O)N1CCC2(CC1)CN(C(C)=O)CC2COC. The maximum absolute atomic E-state index is 12.0. The van der Waals surface area contributed by atoms with E-state index in [2.05, 4.69) is 0 Å². The van der Waals surface area contributed by atoms with Gasteiger partial charge in [-0.15, -0.1) is 0 Å². The number of methoxy groups -OCH3 is 1. The lowest BCUT2D eigenvalue weighted by Gasteiger charge is -2.41. The van der Waals surface area contributed by atoms with Crippen LogP contribution in [-0.2, 0) is 19.6 Å². The number of hydrogen-bond donors (Lipinski definition) is 0. The van der Waals surface area contributed by atoms with Gasteiger partial charge in [0.2, 0.25) is 15.9 Å². The van der Waals surface area contributed by atoms with Crippen molar-refractivity contribution in [1.29, 1.82) is 0 Å². The molecule has 6 nitrogen and oxygen atoms in total. The van der Waals surface area contributed by atoms with Crippen molar-refractivity contribution in [3.63, 3.8) is 0 Å². The number of ether oxygens (including phenoxy) is 1. The maximum Gasteiger partial charge on any atom is 0.219 e. The minimum atomic E-state index is -3.11. The zero-order chi connectivity index (χ0) is 15.7. The Bertz CT molecular complexity index is 483. The lowest BCUT2D eigenvalue weighted by molar-refractivity contribution is -0.128. The highest BCUT2D eigenvalue weighted by Gasteiger charge is 2.49. The van der Waals surface area contributed by atoms with Crippen molar-refractivity contribution < 1.29 is 17.9 Å². The molecule has 0 bridgehead atoms. The molecule has 21 heavy (non-hydrogen) atoms. The van der Waals surface area contributed by atoms with Crippen LogP contribution < -0.4 is 0 Å². The van der Waals surface area contributed by atoms with Crippen molar-refractivity contribution in [1.82, 2.24) is 9.21 Å². The molecule has 0 aromatic carbocycles. The molecule has 2 saturated heterocycles. The van der Waals surface area contributed by atoms with Gasteiger partial charge in [0.1, 0.15) is 0 Å². The molecule has 0 aliphatic carbocycles.